The molecule has 0 aliphatic heterocycles. The summed E-state index contributed by atoms with van der Waals surface area (Å²) < 4.78 is 26.7. The summed E-state index contributed by atoms with van der Waals surface area (Å²) in [5.41, 5.74) is -0.105. The maximum absolute atomic E-state index is 12.8. The van der Waals surface area contributed by atoms with Crippen LogP contribution < -0.4 is 10.6 Å². The Morgan fingerprint density at radius 3 is 2.68 bits per heavy atom. The van der Waals surface area contributed by atoms with E-state index in [1.54, 1.807) is 18.2 Å². The van der Waals surface area contributed by atoms with Gasteiger partial charge < -0.3 is 10.6 Å². The molecule has 0 aliphatic rings. The van der Waals surface area contributed by atoms with Crippen molar-refractivity contribution >= 4 is 40.7 Å². The Bertz CT molecular complexity index is 796. The average Bonchev–Trinajstić information content (AvgIpc) is 2.91. The molecule has 0 saturated heterocycles. The summed E-state index contributed by atoms with van der Waals surface area (Å²) in [5, 5.41) is 9.03. The fourth-order valence-corrected chi connectivity index (χ4v) is 2.47. The van der Waals surface area contributed by atoms with E-state index in [2.05, 4.69) is 15.7 Å². The fraction of sp³-hybridized carbons (Fsp3) is 0.267. The van der Waals surface area contributed by atoms with Gasteiger partial charge in [-0.2, -0.15) is 5.10 Å². The Kier molecular flexibility index (Phi) is 6.33. The van der Waals surface area contributed by atoms with E-state index >= 15 is 0 Å². The van der Waals surface area contributed by atoms with E-state index in [0.29, 0.717) is 22.0 Å². The summed E-state index contributed by atoms with van der Waals surface area (Å²) in [6, 6.07) is 4.91. The minimum absolute atomic E-state index is 0.126. The van der Waals surface area contributed by atoms with Crippen LogP contribution in [-0.4, -0.2) is 28.1 Å². The lowest BCUT2D eigenvalue weighted by molar-refractivity contribution is -0.136. The monoisotopic (exact) mass is 390 g/mol. The number of anilines is 1. The summed E-state index contributed by atoms with van der Waals surface area (Å²) in [6.45, 7) is 0.126. The number of nitrogens with zero attached hydrogens (tertiary/aromatic N) is 2. The van der Waals surface area contributed by atoms with Gasteiger partial charge in [-0.3, -0.25) is 14.3 Å². The van der Waals surface area contributed by atoms with Crippen LogP contribution in [0.15, 0.2) is 24.4 Å². The Morgan fingerprint density at radius 1 is 1.28 bits per heavy atom. The molecule has 0 bridgehead atoms. The number of aryl methyl sites for hydroxylation is 1. The van der Waals surface area contributed by atoms with Crippen molar-refractivity contribution in [3.8, 4) is 0 Å². The van der Waals surface area contributed by atoms with E-state index in [-0.39, 0.29) is 12.2 Å². The molecule has 2 amide bonds. The zero-order valence-corrected chi connectivity index (χ0v) is 14.5. The van der Waals surface area contributed by atoms with Crippen molar-refractivity contribution in [3.05, 3.63) is 45.7 Å². The van der Waals surface area contributed by atoms with Crippen molar-refractivity contribution in [2.45, 2.75) is 12.8 Å². The smallest absolute Gasteiger partial charge is 0.313 e. The van der Waals surface area contributed by atoms with Crippen molar-refractivity contribution in [2.75, 3.05) is 11.9 Å². The number of rotatable bonds is 5. The van der Waals surface area contributed by atoms with Gasteiger partial charge in [-0.25, -0.2) is 8.78 Å². The SMILES string of the molecule is Cn1cc(NC(=O)C(=O)NCCc2cc(Cl)ccc2Cl)c(C(F)F)n1. The van der Waals surface area contributed by atoms with Crippen molar-refractivity contribution in [3.63, 3.8) is 0 Å². The lowest BCUT2D eigenvalue weighted by Gasteiger charge is -2.08. The summed E-state index contributed by atoms with van der Waals surface area (Å²) in [7, 11) is 1.43. The molecular formula is C15H14Cl2F2N4O2. The summed E-state index contributed by atoms with van der Waals surface area (Å²) in [6.07, 6.45) is -1.32. The van der Waals surface area contributed by atoms with E-state index < -0.39 is 23.9 Å². The van der Waals surface area contributed by atoms with E-state index in [0.717, 1.165) is 4.68 Å². The molecule has 6 nitrogen and oxygen atoms in total. The first-order valence-corrected chi connectivity index (χ1v) is 7.88. The van der Waals surface area contributed by atoms with Crippen molar-refractivity contribution in [2.24, 2.45) is 7.05 Å². The number of carbonyl (C=O) groups is 2. The number of hydrogen-bond acceptors (Lipinski definition) is 3. The highest BCUT2D eigenvalue weighted by Gasteiger charge is 2.21. The number of aromatic nitrogens is 2. The molecule has 0 atom stereocenters. The van der Waals surface area contributed by atoms with Crippen LogP contribution in [0.4, 0.5) is 14.5 Å². The van der Waals surface area contributed by atoms with Crippen LogP contribution >= 0.6 is 23.2 Å². The van der Waals surface area contributed by atoms with Gasteiger partial charge in [-0.1, -0.05) is 23.2 Å². The molecule has 2 aromatic rings. The third-order valence-corrected chi connectivity index (χ3v) is 3.81. The largest absolute Gasteiger partial charge is 0.347 e. The quantitative estimate of drug-likeness (QED) is 0.770. The second-order valence-corrected chi connectivity index (χ2v) is 5.94. The molecule has 134 valence electrons. The van der Waals surface area contributed by atoms with E-state index in [4.69, 9.17) is 23.2 Å². The predicted molar refractivity (Wildman–Crippen MR) is 90.0 cm³/mol. The normalized spacial score (nSPS) is 10.8. The van der Waals surface area contributed by atoms with Crippen LogP contribution in [0.1, 0.15) is 17.7 Å². The van der Waals surface area contributed by atoms with E-state index in [1.165, 1.54) is 13.2 Å². The topological polar surface area (TPSA) is 76.0 Å². The summed E-state index contributed by atoms with van der Waals surface area (Å²) in [5.74, 6) is -2.02. The van der Waals surface area contributed by atoms with Gasteiger partial charge in [-0.05, 0) is 30.2 Å². The van der Waals surface area contributed by atoms with Crippen LogP contribution in [0.25, 0.3) is 0 Å². The van der Waals surface area contributed by atoms with Crippen LogP contribution in [0.3, 0.4) is 0 Å². The highest BCUT2D eigenvalue weighted by atomic mass is 35.5. The molecule has 10 heteroatoms. The lowest BCUT2D eigenvalue weighted by Crippen LogP contribution is -2.36. The summed E-state index contributed by atoms with van der Waals surface area (Å²) >= 11 is 11.9. The van der Waals surface area contributed by atoms with Crippen LogP contribution in [0, 0.1) is 0 Å². The number of benzene rings is 1. The minimum Gasteiger partial charge on any atom is -0.347 e. The van der Waals surface area contributed by atoms with Crippen LogP contribution in [0.5, 0.6) is 0 Å². The van der Waals surface area contributed by atoms with Crippen molar-refractivity contribution < 1.29 is 18.4 Å². The number of amides is 2. The zero-order valence-electron chi connectivity index (χ0n) is 13.0. The first kappa shape index (κ1) is 19.1. The van der Waals surface area contributed by atoms with Gasteiger partial charge in [-0.15, -0.1) is 0 Å². The Balaban J connectivity index is 1.91. The molecule has 0 aliphatic carbocycles. The number of alkyl halides is 2. The Labute approximate surface area is 152 Å². The third kappa shape index (κ3) is 5.14. The van der Waals surface area contributed by atoms with Crippen LogP contribution in [0.2, 0.25) is 10.0 Å². The van der Waals surface area contributed by atoms with Gasteiger partial charge in [0.15, 0.2) is 5.69 Å². The standard InChI is InChI=1S/C15H14Cl2F2N4O2/c1-23-7-11(12(22-23)13(18)19)21-15(25)14(24)20-5-4-8-6-9(16)2-3-10(8)17/h2-3,6-7,13H,4-5H2,1H3,(H,20,24)(H,21,25). The lowest BCUT2D eigenvalue weighted by atomic mass is 10.1. The van der Waals surface area contributed by atoms with E-state index in [1.807, 2.05) is 0 Å². The highest BCUT2D eigenvalue weighted by Crippen LogP contribution is 2.25. The van der Waals surface area contributed by atoms with Gasteiger partial charge in [0.1, 0.15) is 0 Å². The average molecular weight is 391 g/mol. The molecule has 0 unspecified atom stereocenters. The molecule has 1 heterocycles. The van der Waals surface area contributed by atoms with Gasteiger partial charge >= 0.3 is 11.8 Å². The van der Waals surface area contributed by atoms with Gasteiger partial charge in [0.2, 0.25) is 0 Å². The van der Waals surface area contributed by atoms with Crippen LogP contribution in [-0.2, 0) is 23.1 Å². The highest BCUT2D eigenvalue weighted by molar-refractivity contribution is 6.39. The molecular weight excluding hydrogens is 377 g/mol. The molecule has 25 heavy (non-hydrogen) atoms. The van der Waals surface area contributed by atoms with Crippen molar-refractivity contribution in [1.82, 2.24) is 15.1 Å². The van der Waals surface area contributed by atoms with Crippen molar-refractivity contribution in [1.29, 1.82) is 0 Å². The molecule has 1 aromatic carbocycles. The molecule has 2 N–H and O–H groups in total. The molecule has 0 fully saturated rings. The number of hydrogen-bond donors (Lipinski definition) is 2. The van der Waals surface area contributed by atoms with Gasteiger partial charge in [0, 0.05) is 29.8 Å². The number of nitrogens with one attached hydrogen (secondary N) is 2. The summed E-state index contributed by atoms with van der Waals surface area (Å²) in [4.78, 5) is 23.6. The molecule has 0 saturated carbocycles. The first-order chi connectivity index (χ1) is 11.8. The maximum atomic E-state index is 12.8. The van der Waals surface area contributed by atoms with E-state index in [9.17, 15) is 18.4 Å². The van der Waals surface area contributed by atoms with Gasteiger partial charge in [0.05, 0.1) is 5.69 Å². The zero-order chi connectivity index (χ0) is 18.6. The first-order valence-electron chi connectivity index (χ1n) is 7.12. The molecule has 0 spiro atoms. The third-order valence-electron chi connectivity index (χ3n) is 3.21. The fourth-order valence-electron chi connectivity index (χ4n) is 2.07. The minimum atomic E-state index is -2.87. The maximum Gasteiger partial charge on any atom is 0.313 e. The van der Waals surface area contributed by atoms with Gasteiger partial charge in [0.25, 0.3) is 6.43 Å². The number of halogens is 4. The predicted octanol–water partition coefficient (Wildman–Crippen LogP) is 2.96. The second kappa shape index (κ2) is 8.26. The Hall–Kier alpha value is -2.19. The molecule has 0 radical (unpaired) electrons. The molecule has 2 rings (SSSR count). The Morgan fingerprint density at radius 2 is 2.00 bits per heavy atom. The number of carbonyl (C=O) groups excluding carboxylic acids is 2. The second-order valence-electron chi connectivity index (χ2n) is 5.10. The molecule has 1 aromatic heterocycles.